The van der Waals surface area contributed by atoms with Gasteiger partial charge in [-0.3, -0.25) is 4.79 Å². The van der Waals surface area contributed by atoms with Gasteiger partial charge in [-0.05, 0) is 24.6 Å². The van der Waals surface area contributed by atoms with Crippen LogP contribution < -0.4 is 5.32 Å². The highest BCUT2D eigenvalue weighted by Crippen LogP contribution is 2.14. The molecule has 20 heavy (non-hydrogen) atoms. The van der Waals surface area contributed by atoms with Crippen LogP contribution >= 0.6 is 0 Å². The van der Waals surface area contributed by atoms with Crippen molar-refractivity contribution in [2.75, 3.05) is 0 Å². The number of aryl methyl sites for hydroxylation is 1. The second kappa shape index (κ2) is 6.02. The summed E-state index contributed by atoms with van der Waals surface area (Å²) in [5, 5.41) is 11.8. The first-order valence-corrected chi connectivity index (χ1v) is 6.23. The van der Waals surface area contributed by atoms with Crippen molar-refractivity contribution in [1.82, 2.24) is 5.32 Å². The van der Waals surface area contributed by atoms with Gasteiger partial charge in [-0.2, -0.15) is 0 Å². The number of carboxylic acids is 1. The molecule has 0 spiro atoms. The lowest BCUT2D eigenvalue weighted by Crippen LogP contribution is -2.33. The highest BCUT2D eigenvalue weighted by molar-refractivity contribution is 5.96. The molecule has 0 aliphatic carbocycles. The van der Waals surface area contributed by atoms with Gasteiger partial charge in [-0.15, -0.1) is 0 Å². The number of amides is 1. The van der Waals surface area contributed by atoms with E-state index in [2.05, 4.69) is 5.32 Å². The third-order valence-corrected chi connectivity index (χ3v) is 2.94. The van der Waals surface area contributed by atoms with E-state index in [9.17, 15) is 14.7 Å². The third-order valence-electron chi connectivity index (χ3n) is 2.94. The highest BCUT2D eigenvalue weighted by atomic mass is 16.4. The number of carboxylic acid groups (broad SMARTS) is 1. The number of hydrogen-bond donors (Lipinski definition) is 2. The fraction of sp³-hybridized carbons (Fsp3) is 0.125. The van der Waals surface area contributed by atoms with Crippen LogP contribution in [0.25, 0.3) is 0 Å². The minimum absolute atomic E-state index is 0.398. The molecule has 0 aliphatic heterocycles. The maximum absolute atomic E-state index is 12.1. The van der Waals surface area contributed by atoms with Crippen LogP contribution in [0, 0.1) is 6.92 Å². The van der Waals surface area contributed by atoms with E-state index in [1.165, 1.54) is 0 Å². The van der Waals surface area contributed by atoms with Crippen LogP contribution in [0.2, 0.25) is 0 Å². The van der Waals surface area contributed by atoms with Gasteiger partial charge in [-0.25, -0.2) is 4.79 Å². The van der Waals surface area contributed by atoms with E-state index >= 15 is 0 Å². The van der Waals surface area contributed by atoms with Crippen molar-refractivity contribution < 1.29 is 14.7 Å². The maximum atomic E-state index is 12.1. The average molecular weight is 269 g/mol. The van der Waals surface area contributed by atoms with Gasteiger partial charge >= 0.3 is 5.97 Å². The second-order valence-electron chi connectivity index (χ2n) is 4.52. The number of nitrogens with one attached hydrogen (secondary N) is 1. The van der Waals surface area contributed by atoms with E-state index in [4.69, 9.17) is 0 Å². The monoisotopic (exact) mass is 269 g/mol. The van der Waals surface area contributed by atoms with Gasteiger partial charge in [0.15, 0.2) is 6.04 Å². The molecule has 1 atom stereocenters. The normalized spacial score (nSPS) is 11.7. The Balaban J connectivity index is 2.21. The predicted molar refractivity (Wildman–Crippen MR) is 75.5 cm³/mol. The molecule has 102 valence electrons. The lowest BCUT2D eigenvalue weighted by Gasteiger charge is -2.15. The summed E-state index contributed by atoms with van der Waals surface area (Å²) >= 11 is 0. The molecule has 1 amide bonds. The summed E-state index contributed by atoms with van der Waals surface area (Å²) in [5.41, 5.74) is 1.94. The van der Waals surface area contributed by atoms with Gasteiger partial charge in [0.1, 0.15) is 0 Å². The zero-order chi connectivity index (χ0) is 14.5. The first kappa shape index (κ1) is 13.8. The second-order valence-corrected chi connectivity index (χ2v) is 4.52. The van der Waals surface area contributed by atoms with E-state index in [0.717, 1.165) is 5.56 Å². The smallest absolute Gasteiger partial charge is 0.330 e. The summed E-state index contributed by atoms with van der Waals surface area (Å²) in [5.74, 6) is -1.48. The molecule has 0 radical (unpaired) electrons. The third kappa shape index (κ3) is 3.23. The summed E-state index contributed by atoms with van der Waals surface area (Å²) in [7, 11) is 0. The van der Waals surface area contributed by atoms with E-state index in [0.29, 0.717) is 11.1 Å². The Morgan fingerprint density at radius 1 is 1.05 bits per heavy atom. The van der Waals surface area contributed by atoms with Crippen LogP contribution in [0.5, 0.6) is 0 Å². The van der Waals surface area contributed by atoms with Crippen molar-refractivity contribution >= 4 is 11.9 Å². The molecule has 2 N–H and O–H groups in total. The number of aliphatic carboxylic acids is 1. The van der Waals surface area contributed by atoms with Crippen molar-refractivity contribution in [1.29, 1.82) is 0 Å². The van der Waals surface area contributed by atoms with Gasteiger partial charge < -0.3 is 10.4 Å². The van der Waals surface area contributed by atoms with E-state index in [-0.39, 0.29) is 0 Å². The minimum atomic E-state index is -1.09. The van der Waals surface area contributed by atoms with Crippen molar-refractivity contribution in [3.63, 3.8) is 0 Å². The molecule has 4 heteroatoms. The molecule has 0 saturated heterocycles. The number of hydrogen-bond acceptors (Lipinski definition) is 2. The Hall–Kier alpha value is -2.62. The van der Waals surface area contributed by atoms with Crippen LogP contribution in [0.15, 0.2) is 54.6 Å². The van der Waals surface area contributed by atoms with Crippen molar-refractivity contribution in [3.05, 3.63) is 71.3 Å². The van der Waals surface area contributed by atoms with Crippen LogP contribution in [-0.2, 0) is 4.79 Å². The molecule has 2 aromatic carbocycles. The molecule has 0 aromatic heterocycles. The molecule has 4 nitrogen and oxygen atoms in total. The summed E-state index contributed by atoms with van der Waals surface area (Å²) < 4.78 is 0. The molecule has 0 bridgehead atoms. The maximum Gasteiger partial charge on any atom is 0.330 e. The van der Waals surface area contributed by atoms with Gasteiger partial charge in [0.05, 0.1) is 0 Å². The molecular formula is C16H15NO3. The molecule has 0 unspecified atom stereocenters. The topological polar surface area (TPSA) is 66.4 Å². The van der Waals surface area contributed by atoms with E-state index < -0.39 is 17.9 Å². The zero-order valence-electron chi connectivity index (χ0n) is 11.0. The number of carbonyl (C=O) groups is 2. The minimum Gasteiger partial charge on any atom is -0.479 e. The molecular weight excluding hydrogens is 254 g/mol. The van der Waals surface area contributed by atoms with Gasteiger partial charge in [0.2, 0.25) is 0 Å². The number of rotatable bonds is 4. The van der Waals surface area contributed by atoms with Gasteiger partial charge in [0, 0.05) is 5.56 Å². The molecule has 2 aromatic rings. The first-order chi connectivity index (χ1) is 9.58. The van der Waals surface area contributed by atoms with Gasteiger partial charge in [-0.1, -0.05) is 48.0 Å². The quantitative estimate of drug-likeness (QED) is 0.896. The standard InChI is InChI=1S/C16H15NO3/c1-11-6-5-9-13(10-11)15(18)17-14(16(19)20)12-7-3-2-4-8-12/h2-10,14H,1H3,(H,17,18)(H,19,20)/t14-/m0/s1. The summed E-state index contributed by atoms with van der Waals surface area (Å²) in [6.07, 6.45) is 0. The summed E-state index contributed by atoms with van der Waals surface area (Å²) in [6.45, 7) is 1.88. The zero-order valence-corrected chi connectivity index (χ0v) is 11.0. The number of benzene rings is 2. The summed E-state index contributed by atoms with van der Waals surface area (Å²) in [6, 6.07) is 14.6. The Kier molecular flexibility index (Phi) is 4.15. The fourth-order valence-electron chi connectivity index (χ4n) is 1.93. The SMILES string of the molecule is Cc1cccc(C(=O)N[C@H](C(=O)O)c2ccccc2)c1. The van der Waals surface area contributed by atoms with Crippen LogP contribution in [0.3, 0.4) is 0 Å². The molecule has 2 rings (SSSR count). The lowest BCUT2D eigenvalue weighted by molar-refractivity contribution is -0.139. The Bertz CT molecular complexity index is 623. The lowest BCUT2D eigenvalue weighted by atomic mass is 10.1. The molecule has 0 saturated carbocycles. The largest absolute Gasteiger partial charge is 0.479 e. The Labute approximate surface area is 117 Å². The Morgan fingerprint density at radius 2 is 1.75 bits per heavy atom. The summed E-state index contributed by atoms with van der Waals surface area (Å²) in [4.78, 5) is 23.4. The molecule has 0 heterocycles. The average Bonchev–Trinajstić information content (AvgIpc) is 2.45. The van der Waals surface area contributed by atoms with E-state index in [1.54, 1.807) is 48.5 Å². The van der Waals surface area contributed by atoms with Crippen LogP contribution in [0.4, 0.5) is 0 Å². The number of carbonyl (C=O) groups excluding carboxylic acids is 1. The van der Waals surface area contributed by atoms with E-state index in [1.807, 2.05) is 13.0 Å². The van der Waals surface area contributed by atoms with Crippen LogP contribution in [-0.4, -0.2) is 17.0 Å². The van der Waals surface area contributed by atoms with Crippen molar-refractivity contribution in [2.24, 2.45) is 0 Å². The highest BCUT2D eigenvalue weighted by Gasteiger charge is 2.22. The van der Waals surface area contributed by atoms with Crippen molar-refractivity contribution in [2.45, 2.75) is 13.0 Å². The Morgan fingerprint density at radius 3 is 2.35 bits per heavy atom. The molecule has 0 aliphatic rings. The fourth-order valence-corrected chi connectivity index (χ4v) is 1.93. The first-order valence-electron chi connectivity index (χ1n) is 6.23. The van der Waals surface area contributed by atoms with Crippen molar-refractivity contribution in [3.8, 4) is 0 Å². The predicted octanol–water partition coefficient (Wildman–Crippen LogP) is 2.55. The van der Waals surface area contributed by atoms with Gasteiger partial charge in [0.25, 0.3) is 5.91 Å². The van der Waals surface area contributed by atoms with Crippen LogP contribution in [0.1, 0.15) is 27.5 Å². The molecule has 0 fully saturated rings.